The first-order valence-corrected chi connectivity index (χ1v) is 7.32. The molecule has 2 rings (SSSR count). The lowest BCUT2D eigenvalue weighted by atomic mass is 10.2. The lowest BCUT2D eigenvalue weighted by Gasteiger charge is -2.01. The van der Waals surface area contributed by atoms with Crippen LogP contribution in [-0.2, 0) is 0 Å². The van der Waals surface area contributed by atoms with E-state index in [9.17, 15) is 0 Å². The summed E-state index contributed by atoms with van der Waals surface area (Å²) in [4.78, 5) is 0. The highest BCUT2D eigenvalue weighted by Crippen LogP contribution is 2.14. The van der Waals surface area contributed by atoms with Crippen molar-refractivity contribution in [2.75, 3.05) is 12.4 Å². The minimum atomic E-state index is 0.370. The molecule has 0 aliphatic carbocycles. The monoisotopic (exact) mass is 261 g/mol. The summed E-state index contributed by atoms with van der Waals surface area (Å²) in [5, 5.41) is 10.3. The molecule has 0 aliphatic heterocycles. The lowest BCUT2D eigenvalue weighted by Crippen LogP contribution is -1.97. The van der Waals surface area contributed by atoms with Crippen molar-refractivity contribution in [3.8, 4) is 5.75 Å². The Morgan fingerprint density at radius 2 is 1.61 bits per heavy atom. The molecule has 2 aromatic rings. The minimum absolute atomic E-state index is 0.370. The Kier molecular flexibility index (Phi) is 5.67. The summed E-state index contributed by atoms with van der Waals surface area (Å²) in [6.45, 7) is 6.21. The van der Waals surface area contributed by atoms with Crippen LogP contribution < -0.4 is 11.0 Å². The van der Waals surface area contributed by atoms with Gasteiger partial charge in [0.25, 0.3) is 0 Å². The van der Waals surface area contributed by atoms with Crippen LogP contribution in [0.25, 0.3) is 0 Å². The summed E-state index contributed by atoms with van der Waals surface area (Å²) in [5.74, 6) is 0.370. The summed E-state index contributed by atoms with van der Waals surface area (Å²) >= 11 is 0. The SMILES string of the molecule is CPc1cc(O)ccc1C.Cc1ccc(N)cc1. The first-order chi connectivity index (χ1) is 8.52. The molecule has 0 amide bonds. The van der Waals surface area contributed by atoms with Gasteiger partial charge in [-0.15, -0.1) is 0 Å². The Morgan fingerprint density at radius 1 is 1.00 bits per heavy atom. The molecule has 0 fully saturated rings. The minimum Gasteiger partial charge on any atom is -0.508 e. The Bertz CT molecular complexity index is 473. The molecule has 0 saturated carbocycles. The fourth-order valence-electron chi connectivity index (χ4n) is 1.45. The third-order valence-electron chi connectivity index (χ3n) is 2.57. The number of hydrogen-bond donors (Lipinski definition) is 2. The molecule has 0 aromatic heterocycles. The van der Waals surface area contributed by atoms with E-state index in [0.29, 0.717) is 5.75 Å². The zero-order chi connectivity index (χ0) is 13.5. The molecule has 18 heavy (non-hydrogen) atoms. The molecule has 3 N–H and O–H groups in total. The molecule has 0 spiro atoms. The summed E-state index contributed by atoms with van der Waals surface area (Å²) in [6, 6.07) is 13.3. The number of benzene rings is 2. The maximum atomic E-state index is 9.07. The Hall–Kier alpha value is -1.53. The van der Waals surface area contributed by atoms with Gasteiger partial charge < -0.3 is 10.8 Å². The maximum Gasteiger partial charge on any atom is 0.116 e. The summed E-state index contributed by atoms with van der Waals surface area (Å²) in [7, 11) is 0.765. The van der Waals surface area contributed by atoms with Gasteiger partial charge >= 0.3 is 0 Å². The second kappa shape index (κ2) is 7.03. The summed E-state index contributed by atoms with van der Waals surface area (Å²) in [6.07, 6.45) is 0. The smallest absolute Gasteiger partial charge is 0.116 e. The Morgan fingerprint density at radius 3 is 2.06 bits per heavy atom. The van der Waals surface area contributed by atoms with Gasteiger partial charge in [0.1, 0.15) is 5.75 Å². The van der Waals surface area contributed by atoms with Crippen LogP contribution in [0.5, 0.6) is 5.75 Å². The molecule has 0 aliphatic rings. The van der Waals surface area contributed by atoms with E-state index in [1.54, 1.807) is 6.07 Å². The quantitative estimate of drug-likeness (QED) is 0.611. The van der Waals surface area contributed by atoms with Gasteiger partial charge in [-0.25, -0.2) is 0 Å². The number of nitrogens with two attached hydrogens (primary N) is 1. The molecule has 96 valence electrons. The first kappa shape index (κ1) is 14.5. The lowest BCUT2D eigenvalue weighted by molar-refractivity contribution is 0.475. The van der Waals surface area contributed by atoms with Crippen molar-refractivity contribution >= 4 is 19.6 Å². The molecule has 0 bridgehead atoms. The van der Waals surface area contributed by atoms with Crippen LogP contribution in [0.2, 0.25) is 0 Å². The number of phenolic OH excluding ortho intramolecular Hbond substituents is 1. The van der Waals surface area contributed by atoms with E-state index < -0.39 is 0 Å². The number of aryl methyl sites for hydroxylation is 2. The number of anilines is 1. The zero-order valence-corrected chi connectivity index (χ0v) is 12.1. The average Bonchev–Trinajstić information content (AvgIpc) is 2.37. The molecular formula is C15H20NOP. The van der Waals surface area contributed by atoms with Crippen molar-refractivity contribution in [2.24, 2.45) is 0 Å². The topological polar surface area (TPSA) is 46.2 Å². The van der Waals surface area contributed by atoms with Crippen LogP contribution in [0, 0.1) is 13.8 Å². The molecule has 0 saturated heterocycles. The number of aromatic hydroxyl groups is 1. The van der Waals surface area contributed by atoms with E-state index >= 15 is 0 Å². The average molecular weight is 261 g/mol. The first-order valence-electron chi connectivity index (χ1n) is 5.82. The molecule has 2 nitrogen and oxygen atoms in total. The van der Waals surface area contributed by atoms with Gasteiger partial charge in [-0.05, 0) is 55.6 Å². The number of rotatable bonds is 1. The van der Waals surface area contributed by atoms with E-state index in [0.717, 1.165) is 14.3 Å². The van der Waals surface area contributed by atoms with Gasteiger partial charge in [-0.1, -0.05) is 32.3 Å². The summed E-state index contributed by atoms with van der Waals surface area (Å²) in [5.41, 5.74) is 8.77. The number of nitrogen functional groups attached to an aromatic ring is 1. The van der Waals surface area contributed by atoms with E-state index in [1.165, 1.54) is 16.4 Å². The van der Waals surface area contributed by atoms with Gasteiger partial charge in [0.05, 0.1) is 0 Å². The highest BCUT2D eigenvalue weighted by atomic mass is 31.1. The van der Waals surface area contributed by atoms with E-state index in [4.69, 9.17) is 10.8 Å². The van der Waals surface area contributed by atoms with Crippen molar-refractivity contribution < 1.29 is 5.11 Å². The van der Waals surface area contributed by atoms with Crippen LogP contribution in [0.4, 0.5) is 5.69 Å². The molecule has 1 atom stereocenters. The molecular weight excluding hydrogens is 241 g/mol. The largest absolute Gasteiger partial charge is 0.508 e. The van der Waals surface area contributed by atoms with Crippen molar-refractivity contribution in [1.29, 1.82) is 0 Å². The van der Waals surface area contributed by atoms with Crippen LogP contribution >= 0.6 is 8.58 Å². The standard InChI is InChI=1S/C8H11OP.C7H9N/c1-6-3-4-7(9)5-8(6)10-2;1-6-2-4-7(8)5-3-6/h3-5,9-10H,1-2H3;2-5H,8H2,1H3. The van der Waals surface area contributed by atoms with Crippen LogP contribution in [0.3, 0.4) is 0 Å². The fourth-order valence-corrected chi connectivity index (χ4v) is 2.22. The van der Waals surface area contributed by atoms with Crippen LogP contribution in [0.1, 0.15) is 11.1 Å². The molecule has 3 heteroatoms. The van der Waals surface area contributed by atoms with E-state index in [-0.39, 0.29) is 0 Å². The highest BCUT2D eigenvalue weighted by Gasteiger charge is 1.95. The molecule has 2 aromatic carbocycles. The third-order valence-corrected chi connectivity index (χ3v) is 3.65. The highest BCUT2D eigenvalue weighted by molar-refractivity contribution is 7.46. The third kappa shape index (κ3) is 4.77. The fraction of sp³-hybridized carbons (Fsp3) is 0.200. The normalized spacial score (nSPS) is 10.2. The second-order valence-corrected chi connectivity index (χ2v) is 5.20. The summed E-state index contributed by atoms with van der Waals surface area (Å²) < 4.78 is 0. The maximum absolute atomic E-state index is 9.07. The molecule has 1 unspecified atom stereocenters. The van der Waals surface area contributed by atoms with Gasteiger partial charge in [0.15, 0.2) is 0 Å². The van der Waals surface area contributed by atoms with Crippen molar-refractivity contribution in [1.82, 2.24) is 0 Å². The number of hydrogen-bond acceptors (Lipinski definition) is 2. The second-order valence-electron chi connectivity index (χ2n) is 4.16. The van der Waals surface area contributed by atoms with E-state index in [1.807, 2.05) is 43.3 Å². The van der Waals surface area contributed by atoms with Crippen LogP contribution in [-0.4, -0.2) is 11.8 Å². The van der Waals surface area contributed by atoms with Gasteiger partial charge in [-0.2, -0.15) is 0 Å². The van der Waals surface area contributed by atoms with Gasteiger partial charge in [0, 0.05) is 5.69 Å². The van der Waals surface area contributed by atoms with Crippen molar-refractivity contribution in [3.63, 3.8) is 0 Å². The Balaban J connectivity index is 0.000000184. The predicted molar refractivity (Wildman–Crippen MR) is 82.3 cm³/mol. The van der Waals surface area contributed by atoms with Gasteiger partial charge in [0.2, 0.25) is 0 Å². The zero-order valence-electron chi connectivity index (χ0n) is 11.1. The van der Waals surface area contributed by atoms with Gasteiger partial charge in [-0.3, -0.25) is 0 Å². The Labute approximate surface area is 111 Å². The van der Waals surface area contributed by atoms with Crippen LogP contribution in [0.15, 0.2) is 42.5 Å². The van der Waals surface area contributed by atoms with Crippen molar-refractivity contribution in [2.45, 2.75) is 13.8 Å². The molecule has 0 radical (unpaired) electrons. The molecule has 0 heterocycles. The predicted octanol–water partition coefficient (Wildman–Crippen LogP) is 3.21. The van der Waals surface area contributed by atoms with Crippen molar-refractivity contribution in [3.05, 3.63) is 53.6 Å². The number of phenols is 1. The van der Waals surface area contributed by atoms with E-state index in [2.05, 4.69) is 13.6 Å².